The number of nitrogens with two attached hydrogens (primary N) is 2. The first kappa shape index (κ1) is 27.6. The minimum absolute atomic E-state index is 0. The Bertz CT molecular complexity index is 701. The maximum absolute atomic E-state index is 12.6. The van der Waals surface area contributed by atoms with Crippen LogP contribution < -0.4 is 16.8 Å². The summed E-state index contributed by atoms with van der Waals surface area (Å²) in [5.74, 6) is -0.346. The predicted molar refractivity (Wildman–Crippen MR) is 120 cm³/mol. The van der Waals surface area contributed by atoms with Gasteiger partial charge in [0.25, 0.3) is 0 Å². The topological polar surface area (TPSA) is 144 Å². The Labute approximate surface area is 188 Å². The van der Waals surface area contributed by atoms with Crippen molar-refractivity contribution in [2.24, 2.45) is 16.5 Å². The van der Waals surface area contributed by atoms with E-state index in [0.29, 0.717) is 51.5 Å². The summed E-state index contributed by atoms with van der Waals surface area (Å²) in [6.45, 7) is 0.950. The van der Waals surface area contributed by atoms with Crippen LogP contribution in [-0.4, -0.2) is 59.1 Å². The molecule has 2 heterocycles. The minimum Gasteiger partial charge on any atom is -0.370 e. The maximum atomic E-state index is 12.6. The Morgan fingerprint density at radius 1 is 1.37 bits per heavy atom. The monoisotopic (exact) mass is 460 g/mol. The summed E-state index contributed by atoms with van der Waals surface area (Å²) in [5, 5.41) is 2.73. The van der Waals surface area contributed by atoms with Crippen LogP contribution in [0.15, 0.2) is 29.5 Å². The Hall–Kier alpha value is -2.39. The van der Waals surface area contributed by atoms with Gasteiger partial charge < -0.3 is 26.5 Å². The first-order chi connectivity index (χ1) is 13.5. The molecule has 9 nitrogen and oxygen atoms in total. The molecule has 0 saturated carbocycles. The molecule has 0 bridgehead atoms. The van der Waals surface area contributed by atoms with Crippen LogP contribution in [-0.2, 0) is 20.8 Å². The maximum Gasteiger partial charge on any atom is 0.243 e. The van der Waals surface area contributed by atoms with E-state index in [2.05, 4.69) is 15.3 Å². The quantitative estimate of drug-likeness (QED) is 0.201. The van der Waals surface area contributed by atoms with Gasteiger partial charge in [-0.2, -0.15) is 0 Å². The third kappa shape index (κ3) is 8.96. The summed E-state index contributed by atoms with van der Waals surface area (Å²) in [6, 6.07) is 2.61. The number of aryl methyl sites for hydroxylation is 1. The number of nitrogens with one attached hydrogen (secondary N) is 1. The van der Waals surface area contributed by atoms with Gasteiger partial charge >= 0.3 is 0 Å². The lowest BCUT2D eigenvalue weighted by atomic mass is 10.1. The zero-order valence-corrected chi connectivity index (χ0v) is 18.4. The van der Waals surface area contributed by atoms with Crippen molar-refractivity contribution in [2.45, 2.75) is 50.6 Å². The number of likely N-dealkylation sites (tertiary alicyclic amines) is 1. The van der Waals surface area contributed by atoms with E-state index >= 15 is 0 Å². The Morgan fingerprint density at radius 2 is 2.13 bits per heavy atom. The second-order valence-electron chi connectivity index (χ2n) is 6.81. The molecule has 0 unspecified atom stereocenters. The van der Waals surface area contributed by atoms with E-state index in [1.165, 1.54) is 0 Å². The molecule has 1 saturated heterocycles. The fourth-order valence-corrected chi connectivity index (χ4v) is 3.25. The lowest BCUT2D eigenvalue weighted by molar-refractivity contribution is -0.139. The summed E-state index contributed by atoms with van der Waals surface area (Å²) in [7, 11) is 0. The number of aromatic nitrogens is 1. The smallest absolute Gasteiger partial charge is 0.243 e. The van der Waals surface area contributed by atoms with Crippen LogP contribution in [0.3, 0.4) is 0 Å². The van der Waals surface area contributed by atoms with Crippen molar-refractivity contribution >= 4 is 48.9 Å². The third-order valence-electron chi connectivity index (χ3n) is 4.69. The summed E-state index contributed by atoms with van der Waals surface area (Å²) in [4.78, 5) is 46.0. The van der Waals surface area contributed by atoms with E-state index in [-0.39, 0.29) is 42.6 Å². The number of amides is 2. The first-order valence-electron chi connectivity index (χ1n) is 9.50. The normalized spacial score (nSPS) is 15.9. The zero-order valence-electron chi connectivity index (χ0n) is 16.7. The summed E-state index contributed by atoms with van der Waals surface area (Å²) >= 11 is 0. The number of pyridine rings is 1. The van der Waals surface area contributed by atoms with Crippen molar-refractivity contribution in [3.8, 4) is 0 Å². The molecule has 1 aromatic heterocycles. The highest BCUT2D eigenvalue weighted by molar-refractivity contribution is 5.89. The van der Waals surface area contributed by atoms with Crippen LogP contribution in [0.2, 0.25) is 0 Å². The highest BCUT2D eigenvalue weighted by Gasteiger charge is 2.34. The van der Waals surface area contributed by atoms with E-state index in [4.69, 9.17) is 11.5 Å². The number of guanidine groups is 1. The molecule has 0 spiro atoms. The number of halogens is 2. The molecule has 1 aliphatic rings. The van der Waals surface area contributed by atoms with Gasteiger partial charge in [-0.15, -0.1) is 24.8 Å². The number of rotatable bonds is 10. The fourth-order valence-electron chi connectivity index (χ4n) is 3.25. The molecule has 2 atom stereocenters. The molecule has 1 aliphatic heterocycles. The lowest BCUT2D eigenvalue weighted by Gasteiger charge is -2.25. The van der Waals surface area contributed by atoms with Crippen LogP contribution in [0, 0.1) is 0 Å². The molecule has 5 N–H and O–H groups in total. The Morgan fingerprint density at radius 3 is 2.77 bits per heavy atom. The van der Waals surface area contributed by atoms with Crippen molar-refractivity contribution in [3.63, 3.8) is 0 Å². The number of aliphatic imine (C=N–C) groups is 1. The molecule has 0 radical (unpaired) electrons. The lowest BCUT2D eigenvalue weighted by Crippen LogP contribution is -2.49. The number of hydrogen-bond donors (Lipinski definition) is 3. The van der Waals surface area contributed by atoms with Gasteiger partial charge in [-0.1, -0.05) is 6.07 Å². The molecular weight excluding hydrogens is 431 g/mol. The van der Waals surface area contributed by atoms with Crippen LogP contribution in [0.5, 0.6) is 0 Å². The first-order valence-corrected chi connectivity index (χ1v) is 9.50. The van der Waals surface area contributed by atoms with Gasteiger partial charge in [0.05, 0.1) is 6.04 Å². The largest absolute Gasteiger partial charge is 0.370 e. The predicted octanol–water partition coefficient (Wildman–Crippen LogP) is 0.586. The van der Waals surface area contributed by atoms with E-state index < -0.39 is 12.1 Å². The Balaban J connectivity index is 0.00000420. The number of hydrogen-bond acceptors (Lipinski definition) is 5. The van der Waals surface area contributed by atoms with Crippen molar-refractivity contribution in [1.29, 1.82) is 0 Å². The molecule has 2 amide bonds. The molecule has 0 aromatic carbocycles. The average molecular weight is 461 g/mol. The summed E-state index contributed by atoms with van der Waals surface area (Å²) < 4.78 is 0. The summed E-state index contributed by atoms with van der Waals surface area (Å²) in [6.07, 6.45) is 7.41. The molecule has 30 heavy (non-hydrogen) atoms. The second kappa shape index (κ2) is 14.6. The van der Waals surface area contributed by atoms with E-state index in [1.54, 1.807) is 17.3 Å². The van der Waals surface area contributed by atoms with Crippen LogP contribution >= 0.6 is 24.8 Å². The minimum atomic E-state index is -0.616. The number of carbonyl (C=O) groups is 3. The van der Waals surface area contributed by atoms with Crippen molar-refractivity contribution in [2.75, 3.05) is 13.1 Å². The van der Waals surface area contributed by atoms with E-state index in [9.17, 15) is 14.4 Å². The van der Waals surface area contributed by atoms with Crippen LogP contribution in [0.4, 0.5) is 0 Å². The number of carbonyl (C=O) groups excluding carboxylic acids is 3. The number of aldehydes is 1. The zero-order chi connectivity index (χ0) is 20.4. The summed E-state index contributed by atoms with van der Waals surface area (Å²) in [5.41, 5.74) is 11.5. The standard InChI is InChI=1S/C19H28N6O3.2ClH/c20-19(21)23-10-2-5-15(13-26)24-18(28)16-6-3-11-25(16)17(27)8-7-14-4-1-9-22-12-14;;/h1,4,9,12-13,15-16H,2-3,5-8,10-11H2,(H,24,28)(H4,20,21,23);2*1H/t15-,16-;;/m0../s1. The van der Waals surface area contributed by atoms with Gasteiger partial charge in [0.1, 0.15) is 12.3 Å². The van der Waals surface area contributed by atoms with Crippen molar-refractivity contribution in [3.05, 3.63) is 30.1 Å². The molecular formula is C19H30Cl2N6O3. The van der Waals surface area contributed by atoms with Gasteiger partial charge in [0.15, 0.2) is 5.96 Å². The third-order valence-corrected chi connectivity index (χ3v) is 4.69. The van der Waals surface area contributed by atoms with Crippen LogP contribution in [0.25, 0.3) is 0 Å². The highest BCUT2D eigenvalue weighted by atomic mass is 35.5. The average Bonchev–Trinajstić information content (AvgIpc) is 3.19. The second-order valence-corrected chi connectivity index (χ2v) is 6.81. The molecule has 0 aliphatic carbocycles. The van der Waals surface area contributed by atoms with Gasteiger partial charge in [-0.25, -0.2) is 0 Å². The van der Waals surface area contributed by atoms with E-state index in [0.717, 1.165) is 12.0 Å². The number of nitrogens with zero attached hydrogens (tertiary/aromatic N) is 3. The SMILES string of the molecule is Cl.Cl.NC(N)=NCCC[C@@H](C=O)NC(=O)[C@@H]1CCCN1C(=O)CCc1cccnc1. The van der Waals surface area contributed by atoms with E-state index in [1.807, 2.05) is 12.1 Å². The van der Waals surface area contributed by atoms with Gasteiger partial charge in [-0.3, -0.25) is 19.6 Å². The Kier molecular flexibility index (Phi) is 13.4. The van der Waals surface area contributed by atoms with Gasteiger partial charge in [0.2, 0.25) is 11.8 Å². The highest BCUT2D eigenvalue weighted by Crippen LogP contribution is 2.19. The molecule has 2 rings (SSSR count). The van der Waals surface area contributed by atoms with Crippen molar-refractivity contribution in [1.82, 2.24) is 15.2 Å². The van der Waals surface area contributed by atoms with Crippen LogP contribution in [0.1, 0.15) is 37.7 Å². The molecule has 1 aromatic rings. The fraction of sp³-hybridized carbons (Fsp3) is 0.526. The molecule has 168 valence electrons. The van der Waals surface area contributed by atoms with Gasteiger partial charge in [0, 0.05) is 31.9 Å². The molecule has 1 fully saturated rings. The molecule has 11 heteroatoms. The van der Waals surface area contributed by atoms with Crippen molar-refractivity contribution < 1.29 is 14.4 Å². The van der Waals surface area contributed by atoms with Gasteiger partial charge in [-0.05, 0) is 43.7 Å².